The summed E-state index contributed by atoms with van der Waals surface area (Å²) >= 11 is 0. The summed E-state index contributed by atoms with van der Waals surface area (Å²) in [6, 6.07) is 70.4. The van der Waals surface area contributed by atoms with Crippen molar-refractivity contribution in [2.75, 3.05) is 0 Å². The first-order chi connectivity index (χ1) is 30.7. The predicted octanol–water partition coefficient (Wildman–Crippen LogP) is 16.2. The topological polar surface area (TPSA) is 17.1 Å². The van der Waals surface area contributed by atoms with Crippen molar-refractivity contribution in [3.05, 3.63) is 258 Å². The molecule has 0 saturated heterocycles. The Bertz CT molecular complexity index is 2950. The maximum atomic E-state index is 15.6. The Morgan fingerprint density at radius 1 is 0.306 bits per heavy atom. The molecule has 0 amide bonds. The van der Waals surface area contributed by atoms with Gasteiger partial charge in [0.2, 0.25) is 0 Å². The molecule has 10 rings (SSSR count). The second kappa shape index (κ2) is 17.5. The minimum atomic E-state index is -0.0125. The lowest BCUT2D eigenvalue weighted by Crippen LogP contribution is -2.05. The number of carbonyl (C=O) groups excluding carboxylic acids is 1. The van der Waals surface area contributed by atoms with E-state index < -0.39 is 0 Å². The molecule has 2 aliphatic carbocycles. The lowest BCUT2D eigenvalue weighted by molar-refractivity contribution is 0.103. The highest BCUT2D eigenvalue weighted by atomic mass is 16.1. The van der Waals surface area contributed by atoms with Gasteiger partial charge in [0, 0.05) is 11.1 Å². The van der Waals surface area contributed by atoms with Gasteiger partial charge in [0.05, 0.1) is 0 Å². The first-order valence-corrected chi connectivity index (χ1v) is 21.8. The van der Waals surface area contributed by atoms with Crippen molar-refractivity contribution >= 4 is 22.5 Å². The van der Waals surface area contributed by atoms with Crippen molar-refractivity contribution in [3.63, 3.8) is 0 Å². The van der Waals surface area contributed by atoms with E-state index in [0.717, 1.165) is 92.5 Å². The normalized spacial score (nSPS) is 13.5. The standard InChI is InChI=1S/C61H46O/c62-61(51-39-47(57-33-17-13-29-53(57)43-21-5-1-6-22-43)37-48(40-51)58-34-18-14-30-54(58)44-23-7-2-8-24-44)52-41-49(59-35-19-15-31-55(59)45-25-9-3-10-26-45)38-50(42-52)60-36-20-16-32-56(60)46-27-11-4-12-28-46/h1-3,5-11,13-14,16-18,20-42H,4,12,15,19H2. The van der Waals surface area contributed by atoms with E-state index in [0.29, 0.717) is 11.1 Å². The van der Waals surface area contributed by atoms with Gasteiger partial charge in [-0.3, -0.25) is 4.79 Å². The molecular formula is C61H46O. The Kier molecular flexibility index (Phi) is 10.9. The second-order valence-corrected chi connectivity index (χ2v) is 16.1. The van der Waals surface area contributed by atoms with E-state index in [9.17, 15) is 0 Å². The number of ketones is 1. The summed E-state index contributed by atoms with van der Waals surface area (Å²) in [4.78, 5) is 15.6. The number of carbonyl (C=O) groups is 1. The van der Waals surface area contributed by atoms with Crippen LogP contribution < -0.4 is 0 Å². The van der Waals surface area contributed by atoms with Gasteiger partial charge in [0.15, 0.2) is 5.78 Å². The summed E-state index contributed by atoms with van der Waals surface area (Å²) in [5.74, 6) is -0.0125. The molecule has 8 aromatic rings. The van der Waals surface area contributed by atoms with Crippen LogP contribution >= 0.6 is 0 Å². The van der Waals surface area contributed by atoms with E-state index in [2.05, 4.69) is 231 Å². The van der Waals surface area contributed by atoms with Crippen LogP contribution in [0.15, 0.2) is 231 Å². The van der Waals surface area contributed by atoms with Gasteiger partial charge in [0.1, 0.15) is 0 Å². The second-order valence-electron chi connectivity index (χ2n) is 16.1. The van der Waals surface area contributed by atoms with Gasteiger partial charge in [-0.25, -0.2) is 0 Å². The summed E-state index contributed by atoms with van der Waals surface area (Å²) < 4.78 is 0. The van der Waals surface area contributed by atoms with Gasteiger partial charge in [-0.15, -0.1) is 0 Å². The van der Waals surface area contributed by atoms with Crippen LogP contribution in [0, 0.1) is 0 Å². The third-order valence-electron chi connectivity index (χ3n) is 12.1. The molecule has 0 radical (unpaired) electrons. The van der Waals surface area contributed by atoms with Crippen molar-refractivity contribution in [3.8, 4) is 55.6 Å². The first-order valence-electron chi connectivity index (χ1n) is 21.8. The van der Waals surface area contributed by atoms with Crippen LogP contribution in [0.1, 0.15) is 58.3 Å². The molecule has 1 heteroatoms. The van der Waals surface area contributed by atoms with E-state index in [4.69, 9.17) is 0 Å². The Balaban J connectivity index is 1.18. The molecule has 296 valence electrons. The molecule has 1 nitrogen and oxygen atoms in total. The van der Waals surface area contributed by atoms with Crippen molar-refractivity contribution in [2.24, 2.45) is 0 Å². The van der Waals surface area contributed by atoms with Crippen molar-refractivity contribution in [2.45, 2.75) is 25.7 Å². The molecule has 0 saturated carbocycles. The van der Waals surface area contributed by atoms with Gasteiger partial charge in [-0.05, 0) is 151 Å². The number of rotatable bonds is 10. The first kappa shape index (κ1) is 38.6. The maximum Gasteiger partial charge on any atom is 0.193 e. The Morgan fingerprint density at radius 3 is 1.13 bits per heavy atom. The average Bonchev–Trinajstić information content (AvgIpc) is 3.37. The SMILES string of the molecule is O=C(c1cc(C2=CCCC=C2c2ccccc2)cc(-c2ccccc2C2=CCCC=C2)c1)c1cc(-c2ccccc2-c2ccccc2)cc(-c2ccccc2-c2ccccc2)c1. The fraction of sp³-hybridized carbons (Fsp3) is 0.0656. The highest BCUT2D eigenvalue weighted by molar-refractivity contribution is 6.13. The highest BCUT2D eigenvalue weighted by Gasteiger charge is 2.22. The minimum absolute atomic E-state index is 0.0125. The number of hydrogen-bond donors (Lipinski definition) is 0. The lowest BCUT2D eigenvalue weighted by Gasteiger charge is -2.20. The molecule has 0 fully saturated rings. The van der Waals surface area contributed by atoms with Crippen LogP contribution in [0.25, 0.3) is 72.4 Å². The van der Waals surface area contributed by atoms with Crippen LogP contribution in [0.2, 0.25) is 0 Å². The smallest absolute Gasteiger partial charge is 0.193 e. The van der Waals surface area contributed by atoms with E-state index in [1.165, 1.54) is 22.3 Å². The molecule has 0 heterocycles. The zero-order chi connectivity index (χ0) is 41.7. The summed E-state index contributed by atoms with van der Waals surface area (Å²) in [6.07, 6.45) is 15.5. The van der Waals surface area contributed by atoms with Crippen LogP contribution in [0.4, 0.5) is 0 Å². The third kappa shape index (κ3) is 7.89. The van der Waals surface area contributed by atoms with Crippen LogP contribution in [0.3, 0.4) is 0 Å². The maximum absolute atomic E-state index is 15.6. The van der Waals surface area contributed by atoms with Crippen molar-refractivity contribution in [1.29, 1.82) is 0 Å². The Labute approximate surface area is 365 Å². The van der Waals surface area contributed by atoms with Crippen molar-refractivity contribution < 1.29 is 4.79 Å². The lowest BCUT2D eigenvalue weighted by atomic mass is 9.83. The van der Waals surface area contributed by atoms with E-state index in [-0.39, 0.29) is 5.78 Å². The highest BCUT2D eigenvalue weighted by Crippen LogP contribution is 2.42. The molecule has 0 unspecified atom stereocenters. The Hall–Kier alpha value is -7.61. The largest absolute Gasteiger partial charge is 0.289 e. The van der Waals surface area contributed by atoms with Crippen LogP contribution in [-0.4, -0.2) is 5.78 Å². The van der Waals surface area contributed by atoms with Gasteiger partial charge < -0.3 is 0 Å². The molecule has 0 aliphatic heterocycles. The summed E-state index contributed by atoms with van der Waals surface area (Å²) in [7, 11) is 0. The summed E-state index contributed by atoms with van der Waals surface area (Å²) in [5.41, 5.74) is 19.1. The molecule has 0 aromatic heterocycles. The molecule has 8 aromatic carbocycles. The number of hydrogen-bond acceptors (Lipinski definition) is 1. The van der Waals surface area contributed by atoms with E-state index >= 15 is 4.79 Å². The summed E-state index contributed by atoms with van der Waals surface area (Å²) in [5, 5.41) is 0. The number of benzene rings is 8. The van der Waals surface area contributed by atoms with Gasteiger partial charge >= 0.3 is 0 Å². The number of allylic oxidation sites excluding steroid dienone is 8. The molecular weight excluding hydrogens is 749 g/mol. The van der Waals surface area contributed by atoms with Crippen molar-refractivity contribution in [1.82, 2.24) is 0 Å². The zero-order valence-electron chi connectivity index (χ0n) is 34.7. The molecule has 2 aliphatic rings. The minimum Gasteiger partial charge on any atom is -0.289 e. The molecule has 0 N–H and O–H groups in total. The van der Waals surface area contributed by atoms with Crippen LogP contribution in [0.5, 0.6) is 0 Å². The molecule has 62 heavy (non-hydrogen) atoms. The van der Waals surface area contributed by atoms with Crippen LogP contribution in [-0.2, 0) is 0 Å². The van der Waals surface area contributed by atoms with Gasteiger partial charge in [-0.1, -0.05) is 194 Å². The van der Waals surface area contributed by atoms with Gasteiger partial charge in [0.25, 0.3) is 0 Å². The average molecular weight is 795 g/mol. The molecule has 0 bridgehead atoms. The zero-order valence-corrected chi connectivity index (χ0v) is 34.7. The quantitative estimate of drug-likeness (QED) is 0.126. The monoisotopic (exact) mass is 794 g/mol. The predicted molar refractivity (Wildman–Crippen MR) is 261 cm³/mol. The van der Waals surface area contributed by atoms with E-state index in [1.807, 2.05) is 0 Å². The van der Waals surface area contributed by atoms with Gasteiger partial charge in [-0.2, -0.15) is 0 Å². The Morgan fingerprint density at radius 2 is 0.661 bits per heavy atom. The molecule has 0 atom stereocenters. The molecule has 0 spiro atoms. The van der Waals surface area contributed by atoms with E-state index in [1.54, 1.807) is 0 Å². The summed E-state index contributed by atoms with van der Waals surface area (Å²) in [6.45, 7) is 0. The fourth-order valence-electron chi connectivity index (χ4n) is 9.15. The fourth-order valence-corrected chi connectivity index (χ4v) is 9.15. The third-order valence-corrected chi connectivity index (χ3v) is 12.1.